The van der Waals surface area contributed by atoms with Crippen LogP contribution in [0, 0.1) is 11.6 Å². The fourth-order valence-corrected chi connectivity index (χ4v) is 2.19. The minimum Gasteiger partial charge on any atom is -0.497 e. The van der Waals surface area contributed by atoms with Crippen LogP contribution in [0.2, 0.25) is 0 Å². The second-order valence-corrected chi connectivity index (χ2v) is 4.60. The number of methoxy groups -OCH3 is 1. The van der Waals surface area contributed by atoms with E-state index >= 15 is 0 Å². The molecule has 0 aliphatic rings. The van der Waals surface area contributed by atoms with Crippen molar-refractivity contribution >= 4 is 11.0 Å². The molecule has 0 saturated carbocycles. The second kappa shape index (κ2) is 5.18. The maximum Gasteiger partial charge on any atom is 0.170 e. The number of rotatable bonds is 3. The minimum atomic E-state index is -1.32. The van der Waals surface area contributed by atoms with Gasteiger partial charge >= 0.3 is 0 Å². The Bertz CT molecular complexity index is 795. The summed E-state index contributed by atoms with van der Waals surface area (Å²) >= 11 is 0. The Morgan fingerprint density at radius 3 is 2.57 bits per heavy atom. The molecule has 0 bridgehead atoms. The monoisotopic (exact) mass is 290 g/mol. The Kier molecular flexibility index (Phi) is 3.35. The number of hydrogen-bond acceptors (Lipinski definition) is 3. The Hall–Kier alpha value is -2.40. The predicted molar refractivity (Wildman–Crippen MR) is 73.2 cm³/mol. The quantitative estimate of drug-likeness (QED) is 0.797. The van der Waals surface area contributed by atoms with Crippen LogP contribution in [-0.2, 0) is 0 Å². The van der Waals surface area contributed by atoms with Crippen molar-refractivity contribution in [3.05, 3.63) is 65.4 Å². The highest BCUT2D eigenvalue weighted by Crippen LogP contribution is 2.31. The number of ether oxygens (including phenoxy) is 1. The lowest BCUT2D eigenvalue weighted by atomic mass is 10.1. The molecule has 0 aliphatic carbocycles. The predicted octanol–water partition coefficient (Wildman–Crippen LogP) is 3.80. The van der Waals surface area contributed by atoms with E-state index in [0.717, 1.165) is 0 Å². The third kappa shape index (κ3) is 2.36. The van der Waals surface area contributed by atoms with Gasteiger partial charge in [-0.15, -0.1) is 0 Å². The van der Waals surface area contributed by atoms with E-state index in [1.165, 1.54) is 43.5 Å². The van der Waals surface area contributed by atoms with Gasteiger partial charge in [0.1, 0.15) is 23.4 Å². The van der Waals surface area contributed by atoms with Crippen molar-refractivity contribution in [1.82, 2.24) is 0 Å². The van der Waals surface area contributed by atoms with Gasteiger partial charge in [-0.05, 0) is 24.3 Å². The summed E-state index contributed by atoms with van der Waals surface area (Å²) in [6.07, 6.45) is -1.32. The molecule has 0 fully saturated rings. The molecule has 1 atom stereocenters. The first-order chi connectivity index (χ1) is 10.1. The standard InChI is InChI=1S/C16H12F2O3/c1-20-10-5-6-11(13(18)8-10)15(19)14-7-9-3-2-4-12(17)16(9)21-14/h2-8,15,19H,1H3. The molecule has 108 valence electrons. The minimum absolute atomic E-state index is 0.0373. The van der Waals surface area contributed by atoms with Crippen LogP contribution in [0.15, 0.2) is 46.9 Å². The van der Waals surface area contributed by atoms with Gasteiger partial charge in [0.15, 0.2) is 11.4 Å². The van der Waals surface area contributed by atoms with Gasteiger partial charge in [0.2, 0.25) is 0 Å². The number of aliphatic hydroxyl groups excluding tert-OH is 1. The number of para-hydroxylation sites is 1. The van der Waals surface area contributed by atoms with Gasteiger partial charge in [-0.1, -0.05) is 12.1 Å². The number of benzene rings is 2. The molecule has 0 aliphatic heterocycles. The third-order valence-electron chi connectivity index (χ3n) is 3.29. The molecular weight excluding hydrogens is 278 g/mol. The molecule has 1 heterocycles. The zero-order valence-electron chi connectivity index (χ0n) is 11.1. The van der Waals surface area contributed by atoms with Crippen molar-refractivity contribution in [3.63, 3.8) is 0 Å². The van der Waals surface area contributed by atoms with Crippen LogP contribution in [0.1, 0.15) is 17.4 Å². The molecule has 2 aromatic carbocycles. The molecule has 0 amide bonds. The fourth-order valence-electron chi connectivity index (χ4n) is 2.19. The highest BCUT2D eigenvalue weighted by Gasteiger charge is 2.20. The summed E-state index contributed by atoms with van der Waals surface area (Å²) in [6, 6.07) is 10.1. The maximum absolute atomic E-state index is 14.0. The second-order valence-electron chi connectivity index (χ2n) is 4.60. The van der Waals surface area contributed by atoms with Crippen molar-refractivity contribution in [3.8, 4) is 5.75 Å². The molecule has 5 heteroatoms. The topological polar surface area (TPSA) is 42.6 Å². The summed E-state index contributed by atoms with van der Waals surface area (Å²) in [5, 5.41) is 10.7. The molecule has 3 aromatic rings. The number of hydrogen-bond donors (Lipinski definition) is 1. The van der Waals surface area contributed by atoms with Gasteiger partial charge in [0.25, 0.3) is 0 Å². The van der Waals surface area contributed by atoms with Crippen LogP contribution >= 0.6 is 0 Å². The summed E-state index contributed by atoms with van der Waals surface area (Å²) < 4.78 is 37.7. The van der Waals surface area contributed by atoms with E-state index in [1.54, 1.807) is 6.07 Å². The van der Waals surface area contributed by atoms with Crippen LogP contribution in [-0.4, -0.2) is 12.2 Å². The molecule has 3 nitrogen and oxygen atoms in total. The molecule has 1 unspecified atom stereocenters. The highest BCUT2D eigenvalue weighted by molar-refractivity contribution is 5.78. The molecule has 0 spiro atoms. The lowest BCUT2D eigenvalue weighted by Crippen LogP contribution is -2.01. The lowest BCUT2D eigenvalue weighted by molar-refractivity contribution is 0.187. The Labute approximate surface area is 119 Å². The van der Waals surface area contributed by atoms with Crippen LogP contribution in [0.5, 0.6) is 5.75 Å². The molecule has 21 heavy (non-hydrogen) atoms. The smallest absolute Gasteiger partial charge is 0.170 e. The Morgan fingerprint density at radius 1 is 1.10 bits per heavy atom. The van der Waals surface area contributed by atoms with E-state index < -0.39 is 17.7 Å². The summed E-state index contributed by atoms with van der Waals surface area (Å²) in [4.78, 5) is 0. The molecule has 1 aromatic heterocycles. The summed E-state index contributed by atoms with van der Waals surface area (Å²) in [5.74, 6) is -0.720. The van der Waals surface area contributed by atoms with Crippen molar-refractivity contribution in [2.24, 2.45) is 0 Å². The zero-order valence-corrected chi connectivity index (χ0v) is 11.1. The van der Waals surface area contributed by atoms with E-state index in [-0.39, 0.29) is 16.9 Å². The summed E-state index contributed by atoms with van der Waals surface area (Å²) in [5.41, 5.74) is 0.0794. The van der Waals surface area contributed by atoms with Crippen LogP contribution in [0.4, 0.5) is 8.78 Å². The van der Waals surface area contributed by atoms with E-state index in [1.807, 2.05) is 0 Å². The molecule has 3 rings (SSSR count). The molecule has 1 N–H and O–H groups in total. The lowest BCUT2D eigenvalue weighted by Gasteiger charge is -2.10. The summed E-state index contributed by atoms with van der Waals surface area (Å²) in [6.45, 7) is 0. The first kappa shape index (κ1) is 13.6. The van der Waals surface area contributed by atoms with E-state index in [4.69, 9.17) is 9.15 Å². The molecule has 0 radical (unpaired) electrons. The average Bonchev–Trinajstić information content (AvgIpc) is 2.92. The van der Waals surface area contributed by atoms with Gasteiger partial charge in [0, 0.05) is 17.0 Å². The third-order valence-corrected chi connectivity index (χ3v) is 3.29. The normalized spacial score (nSPS) is 12.6. The number of aliphatic hydroxyl groups is 1. The first-order valence-corrected chi connectivity index (χ1v) is 6.29. The highest BCUT2D eigenvalue weighted by atomic mass is 19.1. The molecule has 0 saturated heterocycles. The van der Waals surface area contributed by atoms with E-state index in [9.17, 15) is 13.9 Å². The molecular formula is C16H12F2O3. The van der Waals surface area contributed by atoms with E-state index in [2.05, 4.69) is 0 Å². The van der Waals surface area contributed by atoms with E-state index in [0.29, 0.717) is 11.1 Å². The zero-order chi connectivity index (χ0) is 15.0. The Morgan fingerprint density at radius 2 is 1.90 bits per heavy atom. The van der Waals surface area contributed by atoms with Gasteiger partial charge in [0.05, 0.1) is 7.11 Å². The van der Waals surface area contributed by atoms with Crippen LogP contribution in [0.25, 0.3) is 11.0 Å². The first-order valence-electron chi connectivity index (χ1n) is 6.29. The van der Waals surface area contributed by atoms with Crippen LogP contribution in [0.3, 0.4) is 0 Å². The fraction of sp³-hybridized carbons (Fsp3) is 0.125. The van der Waals surface area contributed by atoms with Gasteiger partial charge < -0.3 is 14.3 Å². The SMILES string of the molecule is COc1ccc(C(O)c2cc3cccc(F)c3o2)c(F)c1. The Balaban J connectivity index is 2.04. The maximum atomic E-state index is 14.0. The number of halogens is 2. The van der Waals surface area contributed by atoms with Gasteiger partial charge in [-0.3, -0.25) is 0 Å². The summed E-state index contributed by atoms with van der Waals surface area (Å²) in [7, 11) is 1.42. The van der Waals surface area contributed by atoms with Gasteiger partial charge in [-0.2, -0.15) is 0 Å². The van der Waals surface area contributed by atoms with Gasteiger partial charge in [-0.25, -0.2) is 8.78 Å². The van der Waals surface area contributed by atoms with Crippen molar-refractivity contribution in [1.29, 1.82) is 0 Å². The van der Waals surface area contributed by atoms with Crippen LogP contribution < -0.4 is 4.74 Å². The van der Waals surface area contributed by atoms with Crippen molar-refractivity contribution in [2.75, 3.05) is 7.11 Å². The largest absolute Gasteiger partial charge is 0.497 e. The van der Waals surface area contributed by atoms with Crippen molar-refractivity contribution < 1.29 is 23.0 Å². The van der Waals surface area contributed by atoms with Crippen molar-refractivity contribution in [2.45, 2.75) is 6.10 Å². The average molecular weight is 290 g/mol. The number of fused-ring (bicyclic) bond motifs is 1. The number of furan rings is 1.